The second kappa shape index (κ2) is 7.55. The van der Waals surface area contributed by atoms with Crippen molar-refractivity contribution < 1.29 is 14.7 Å². The Balaban J connectivity index is 2.53. The molecule has 2 N–H and O–H groups in total. The summed E-state index contributed by atoms with van der Waals surface area (Å²) in [6.45, 7) is 3.95. The summed E-state index contributed by atoms with van der Waals surface area (Å²) in [6, 6.07) is -0.875. The van der Waals surface area contributed by atoms with Crippen LogP contribution in [0.3, 0.4) is 0 Å². The molecule has 8 heteroatoms. The lowest BCUT2D eigenvalue weighted by Crippen LogP contribution is -2.41. The minimum atomic E-state index is -1.15. The highest BCUT2D eigenvalue weighted by Gasteiger charge is 2.19. The standard InChI is InChI=1S/C12H16N4O3S/c1-4-5-9(11(18)19)14-10(17)6-20-12-15-13-7-16(12)8(2)3/h1,7-9H,5-6H2,2-3H3,(H,14,17)(H,18,19). The lowest BCUT2D eigenvalue weighted by atomic mass is 10.2. The molecule has 0 bridgehead atoms. The maximum absolute atomic E-state index is 11.7. The number of rotatable bonds is 7. The smallest absolute Gasteiger partial charge is 0.327 e. The van der Waals surface area contributed by atoms with Crippen molar-refractivity contribution in [1.29, 1.82) is 0 Å². The van der Waals surface area contributed by atoms with Gasteiger partial charge in [-0.05, 0) is 13.8 Å². The van der Waals surface area contributed by atoms with Crippen molar-refractivity contribution in [2.75, 3.05) is 5.75 Å². The molecule has 20 heavy (non-hydrogen) atoms. The summed E-state index contributed by atoms with van der Waals surface area (Å²) in [6.07, 6.45) is 6.59. The van der Waals surface area contributed by atoms with Crippen LogP contribution in [0.5, 0.6) is 0 Å². The number of thioether (sulfide) groups is 1. The maximum atomic E-state index is 11.7. The first kappa shape index (κ1) is 16.0. The van der Waals surface area contributed by atoms with E-state index in [0.29, 0.717) is 5.16 Å². The number of hydrogen-bond donors (Lipinski definition) is 2. The van der Waals surface area contributed by atoms with Gasteiger partial charge in [0.2, 0.25) is 5.91 Å². The number of carboxylic acid groups (broad SMARTS) is 1. The number of amides is 1. The van der Waals surface area contributed by atoms with Crippen molar-refractivity contribution in [2.45, 2.75) is 37.5 Å². The monoisotopic (exact) mass is 296 g/mol. The van der Waals surface area contributed by atoms with Crippen LogP contribution < -0.4 is 5.32 Å². The molecule has 1 rings (SSSR count). The van der Waals surface area contributed by atoms with Gasteiger partial charge in [-0.25, -0.2) is 4.79 Å². The van der Waals surface area contributed by atoms with E-state index in [1.165, 1.54) is 11.8 Å². The van der Waals surface area contributed by atoms with Crippen molar-refractivity contribution in [3.63, 3.8) is 0 Å². The summed E-state index contributed by atoms with van der Waals surface area (Å²) in [4.78, 5) is 22.5. The summed E-state index contributed by atoms with van der Waals surface area (Å²) in [5, 5.41) is 19.5. The number of hydrogen-bond acceptors (Lipinski definition) is 5. The predicted octanol–water partition coefficient (Wildman–Crippen LogP) is 0.544. The molecule has 7 nitrogen and oxygen atoms in total. The molecule has 0 aromatic carbocycles. The lowest BCUT2D eigenvalue weighted by Gasteiger charge is -2.12. The Morgan fingerprint density at radius 3 is 2.85 bits per heavy atom. The van der Waals surface area contributed by atoms with Gasteiger partial charge in [0.15, 0.2) is 5.16 Å². The molecule has 1 amide bonds. The SMILES string of the molecule is C#CCC(NC(=O)CSc1nncn1C(C)C)C(=O)O. The third kappa shape index (κ3) is 4.59. The van der Waals surface area contributed by atoms with E-state index in [1.54, 1.807) is 6.33 Å². The Bertz CT molecular complexity index is 521. The zero-order chi connectivity index (χ0) is 15.1. The number of nitrogens with zero attached hydrogens (tertiary/aromatic N) is 3. The number of aliphatic carboxylic acids is 1. The second-order valence-electron chi connectivity index (χ2n) is 4.27. The van der Waals surface area contributed by atoms with Crippen molar-refractivity contribution in [2.24, 2.45) is 0 Å². The number of carbonyl (C=O) groups is 2. The largest absolute Gasteiger partial charge is 0.480 e. The predicted molar refractivity (Wildman–Crippen MR) is 74.1 cm³/mol. The van der Waals surface area contributed by atoms with E-state index in [-0.39, 0.29) is 18.2 Å². The lowest BCUT2D eigenvalue weighted by molar-refractivity contribution is -0.141. The summed E-state index contributed by atoms with van der Waals surface area (Å²) in [5.74, 6) is 0.722. The molecular weight excluding hydrogens is 280 g/mol. The van der Waals surface area contributed by atoms with Crippen LogP contribution in [0.2, 0.25) is 0 Å². The maximum Gasteiger partial charge on any atom is 0.327 e. The molecule has 1 aromatic rings. The summed E-state index contributed by atoms with van der Waals surface area (Å²) >= 11 is 1.19. The van der Waals surface area contributed by atoms with Crippen LogP contribution in [0.4, 0.5) is 0 Å². The Morgan fingerprint density at radius 1 is 1.60 bits per heavy atom. The van der Waals surface area contributed by atoms with Crippen LogP contribution >= 0.6 is 11.8 Å². The minimum Gasteiger partial charge on any atom is -0.480 e. The van der Waals surface area contributed by atoms with Gasteiger partial charge in [-0.3, -0.25) is 4.79 Å². The van der Waals surface area contributed by atoms with Gasteiger partial charge >= 0.3 is 5.97 Å². The average molecular weight is 296 g/mol. The Morgan fingerprint density at radius 2 is 2.30 bits per heavy atom. The highest BCUT2D eigenvalue weighted by atomic mass is 32.2. The number of terminal acetylenes is 1. The molecule has 1 unspecified atom stereocenters. The summed E-state index contributed by atoms with van der Waals surface area (Å²) in [5.41, 5.74) is 0. The van der Waals surface area contributed by atoms with E-state index >= 15 is 0 Å². The molecule has 1 heterocycles. The van der Waals surface area contributed by atoms with E-state index < -0.39 is 17.9 Å². The molecule has 108 valence electrons. The Kier molecular flexibility index (Phi) is 6.06. The number of aromatic nitrogens is 3. The van der Waals surface area contributed by atoms with E-state index in [1.807, 2.05) is 18.4 Å². The van der Waals surface area contributed by atoms with Gasteiger partial charge in [0.25, 0.3) is 0 Å². The fourth-order valence-corrected chi connectivity index (χ4v) is 2.23. The number of nitrogens with one attached hydrogen (secondary N) is 1. The van der Waals surface area contributed by atoms with Crippen LogP contribution in [0.15, 0.2) is 11.5 Å². The molecule has 0 aliphatic heterocycles. The van der Waals surface area contributed by atoms with Gasteiger partial charge < -0.3 is 15.0 Å². The van der Waals surface area contributed by atoms with Gasteiger partial charge in [-0.15, -0.1) is 22.5 Å². The summed E-state index contributed by atoms with van der Waals surface area (Å²) < 4.78 is 1.83. The highest BCUT2D eigenvalue weighted by molar-refractivity contribution is 7.99. The molecule has 0 aliphatic carbocycles. The third-order valence-corrected chi connectivity index (χ3v) is 3.34. The summed E-state index contributed by atoms with van der Waals surface area (Å²) in [7, 11) is 0. The van der Waals surface area contributed by atoms with Gasteiger partial charge in [-0.1, -0.05) is 11.8 Å². The van der Waals surface area contributed by atoms with Crippen molar-refractivity contribution >= 4 is 23.6 Å². The topological polar surface area (TPSA) is 97.1 Å². The van der Waals surface area contributed by atoms with Crippen molar-refractivity contribution in [1.82, 2.24) is 20.1 Å². The second-order valence-corrected chi connectivity index (χ2v) is 5.21. The van der Waals surface area contributed by atoms with E-state index in [0.717, 1.165) is 0 Å². The van der Waals surface area contributed by atoms with E-state index in [4.69, 9.17) is 11.5 Å². The van der Waals surface area contributed by atoms with Crippen molar-refractivity contribution in [3.05, 3.63) is 6.33 Å². The molecule has 0 aliphatic rings. The number of carboxylic acids is 1. The van der Waals surface area contributed by atoms with Gasteiger partial charge in [0.1, 0.15) is 12.4 Å². The molecule has 0 saturated heterocycles. The minimum absolute atomic E-state index is 0.0477. The van der Waals surface area contributed by atoms with Gasteiger partial charge in [0, 0.05) is 12.5 Å². The Hall–Kier alpha value is -2.01. The van der Waals surface area contributed by atoms with Crippen LogP contribution in [-0.2, 0) is 9.59 Å². The molecule has 0 spiro atoms. The molecule has 1 aromatic heterocycles. The van der Waals surface area contributed by atoms with Gasteiger partial charge in [-0.2, -0.15) is 0 Å². The molecule has 0 saturated carbocycles. The first-order chi connectivity index (χ1) is 9.45. The first-order valence-electron chi connectivity index (χ1n) is 5.93. The normalized spacial score (nSPS) is 11.9. The molecule has 0 radical (unpaired) electrons. The Labute approximate surface area is 121 Å². The van der Waals surface area contributed by atoms with Crippen LogP contribution in [0.1, 0.15) is 26.3 Å². The van der Waals surface area contributed by atoms with Crippen LogP contribution in [0, 0.1) is 12.3 Å². The molecule has 0 fully saturated rings. The fraction of sp³-hybridized carbons (Fsp3) is 0.500. The quantitative estimate of drug-likeness (QED) is 0.563. The van der Waals surface area contributed by atoms with E-state index in [9.17, 15) is 9.59 Å². The average Bonchev–Trinajstić information content (AvgIpc) is 2.84. The zero-order valence-electron chi connectivity index (χ0n) is 11.2. The fourth-order valence-electron chi connectivity index (χ4n) is 1.37. The van der Waals surface area contributed by atoms with E-state index in [2.05, 4.69) is 21.4 Å². The molecular formula is C12H16N4O3S. The van der Waals surface area contributed by atoms with Crippen molar-refractivity contribution in [3.8, 4) is 12.3 Å². The first-order valence-corrected chi connectivity index (χ1v) is 6.92. The third-order valence-electron chi connectivity index (χ3n) is 2.38. The van der Waals surface area contributed by atoms with Crippen LogP contribution in [0.25, 0.3) is 0 Å². The number of carbonyl (C=O) groups excluding carboxylic acids is 1. The molecule has 1 atom stereocenters. The zero-order valence-corrected chi connectivity index (χ0v) is 12.1. The highest BCUT2D eigenvalue weighted by Crippen LogP contribution is 2.18. The van der Waals surface area contributed by atoms with Crippen LogP contribution in [-0.4, -0.2) is 43.5 Å². The van der Waals surface area contributed by atoms with Gasteiger partial charge in [0.05, 0.1) is 5.75 Å².